The number of hydrogen-bond acceptors (Lipinski definition) is 4. The summed E-state index contributed by atoms with van der Waals surface area (Å²) in [6, 6.07) is 16.5. The van der Waals surface area contributed by atoms with Crippen molar-refractivity contribution in [2.45, 2.75) is 25.5 Å². The van der Waals surface area contributed by atoms with Gasteiger partial charge in [-0.05, 0) is 30.2 Å². The number of amides is 1. The second-order valence-electron chi connectivity index (χ2n) is 5.90. The van der Waals surface area contributed by atoms with Crippen LogP contribution in [0.2, 0.25) is 0 Å². The Kier molecular flexibility index (Phi) is 7.17. The zero-order chi connectivity index (χ0) is 18.9. The molecule has 0 bridgehead atoms. The third-order valence-corrected chi connectivity index (χ3v) is 3.95. The lowest BCUT2D eigenvalue weighted by molar-refractivity contribution is -0.148. The topological polar surface area (TPSA) is 84.9 Å². The van der Waals surface area contributed by atoms with Crippen molar-refractivity contribution in [1.29, 1.82) is 0 Å². The molecule has 0 aliphatic carbocycles. The summed E-state index contributed by atoms with van der Waals surface area (Å²) in [5.74, 6) is -0.673. The Balaban J connectivity index is 1.82. The van der Waals surface area contributed by atoms with E-state index in [2.05, 4.69) is 5.32 Å². The molecule has 6 heteroatoms. The van der Waals surface area contributed by atoms with Crippen molar-refractivity contribution in [2.24, 2.45) is 0 Å². The van der Waals surface area contributed by atoms with Crippen molar-refractivity contribution < 1.29 is 24.2 Å². The van der Waals surface area contributed by atoms with Crippen LogP contribution in [0.5, 0.6) is 5.75 Å². The van der Waals surface area contributed by atoms with Gasteiger partial charge in [0.1, 0.15) is 5.75 Å². The first-order valence-electron chi connectivity index (χ1n) is 8.31. The summed E-state index contributed by atoms with van der Waals surface area (Å²) in [5.41, 5.74) is 1.84. The Hall–Kier alpha value is -2.86. The van der Waals surface area contributed by atoms with Crippen LogP contribution < -0.4 is 10.1 Å². The lowest BCUT2D eigenvalue weighted by Gasteiger charge is -2.15. The molecule has 1 amide bonds. The number of carboxylic acids is 1. The van der Waals surface area contributed by atoms with Crippen molar-refractivity contribution in [3.05, 3.63) is 65.7 Å². The quantitative estimate of drug-likeness (QED) is 0.720. The van der Waals surface area contributed by atoms with Crippen LogP contribution in [-0.2, 0) is 20.7 Å². The summed E-state index contributed by atoms with van der Waals surface area (Å²) >= 11 is 0. The van der Waals surface area contributed by atoms with Crippen molar-refractivity contribution in [2.75, 3.05) is 13.7 Å². The number of methoxy groups -OCH3 is 1. The standard InChI is InChI=1S/C20H23NO5/c1-14(16-6-4-3-5-7-16)21-19(22)13-26-17-10-8-15(9-11-17)12-18(25-2)20(23)24/h3-11,14,18H,12-13H2,1-2H3,(H,21,22)(H,23,24)/t14-,18?/m1/s1. The Morgan fingerprint density at radius 1 is 1.08 bits per heavy atom. The monoisotopic (exact) mass is 357 g/mol. The van der Waals surface area contributed by atoms with Crippen LogP contribution in [0, 0.1) is 0 Å². The number of hydrogen-bond donors (Lipinski definition) is 2. The minimum atomic E-state index is -1.00. The maximum absolute atomic E-state index is 12.0. The van der Waals surface area contributed by atoms with Crippen LogP contribution >= 0.6 is 0 Å². The maximum Gasteiger partial charge on any atom is 0.333 e. The van der Waals surface area contributed by atoms with E-state index in [9.17, 15) is 9.59 Å². The summed E-state index contributed by atoms with van der Waals surface area (Å²) in [6.45, 7) is 1.82. The van der Waals surface area contributed by atoms with Gasteiger partial charge in [0.15, 0.2) is 12.7 Å². The Bertz CT molecular complexity index is 715. The number of carboxylic acid groups (broad SMARTS) is 1. The third-order valence-electron chi connectivity index (χ3n) is 3.95. The van der Waals surface area contributed by atoms with E-state index in [-0.39, 0.29) is 25.0 Å². The SMILES string of the molecule is COC(Cc1ccc(OCC(=O)N[C@H](C)c2ccccc2)cc1)C(=O)O. The highest BCUT2D eigenvalue weighted by molar-refractivity contribution is 5.78. The average molecular weight is 357 g/mol. The molecule has 0 aliphatic heterocycles. The molecule has 0 saturated carbocycles. The molecule has 0 heterocycles. The first-order chi connectivity index (χ1) is 12.5. The highest BCUT2D eigenvalue weighted by atomic mass is 16.5. The molecule has 2 rings (SSSR count). The van der Waals surface area contributed by atoms with Crippen LogP contribution in [0.25, 0.3) is 0 Å². The van der Waals surface area contributed by atoms with Gasteiger partial charge >= 0.3 is 5.97 Å². The van der Waals surface area contributed by atoms with Gasteiger partial charge < -0.3 is 19.9 Å². The van der Waals surface area contributed by atoms with Crippen molar-refractivity contribution in [1.82, 2.24) is 5.32 Å². The van der Waals surface area contributed by atoms with E-state index in [0.717, 1.165) is 11.1 Å². The van der Waals surface area contributed by atoms with E-state index in [1.54, 1.807) is 24.3 Å². The van der Waals surface area contributed by atoms with Crippen LogP contribution in [0.4, 0.5) is 0 Å². The fourth-order valence-electron chi connectivity index (χ4n) is 2.46. The smallest absolute Gasteiger partial charge is 0.333 e. The predicted molar refractivity (Wildman–Crippen MR) is 97.1 cm³/mol. The van der Waals surface area contributed by atoms with Gasteiger partial charge in [0.25, 0.3) is 5.91 Å². The molecule has 2 aromatic rings. The molecule has 0 saturated heterocycles. The van der Waals surface area contributed by atoms with E-state index in [1.807, 2.05) is 37.3 Å². The Labute approximate surface area is 152 Å². The van der Waals surface area contributed by atoms with E-state index < -0.39 is 12.1 Å². The number of rotatable bonds is 9. The maximum atomic E-state index is 12.0. The molecular formula is C20H23NO5. The van der Waals surface area contributed by atoms with E-state index in [1.165, 1.54) is 7.11 Å². The van der Waals surface area contributed by atoms with E-state index in [4.69, 9.17) is 14.6 Å². The van der Waals surface area contributed by atoms with Crippen LogP contribution in [0.1, 0.15) is 24.1 Å². The van der Waals surface area contributed by atoms with Gasteiger partial charge in [-0.2, -0.15) is 0 Å². The number of nitrogens with one attached hydrogen (secondary N) is 1. The van der Waals surface area contributed by atoms with Crippen LogP contribution in [-0.4, -0.2) is 36.8 Å². The Morgan fingerprint density at radius 3 is 2.31 bits per heavy atom. The molecule has 2 aromatic carbocycles. The summed E-state index contributed by atoms with van der Waals surface area (Å²) in [7, 11) is 1.37. The molecule has 6 nitrogen and oxygen atoms in total. The molecule has 0 aliphatic rings. The summed E-state index contributed by atoms with van der Waals surface area (Å²) in [4.78, 5) is 23.0. The summed E-state index contributed by atoms with van der Waals surface area (Å²) in [5, 5.41) is 11.9. The Morgan fingerprint density at radius 2 is 1.73 bits per heavy atom. The first kappa shape index (κ1) is 19.5. The van der Waals surface area contributed by atoms with Crippen molar-refractivity contribution >= 4 is 11.9 Å². The molecule has 2 N–H and O–H groups in total. The number of ether oxygens (including phenoxy) is 2. The third kappa shape index (κ3) is 5.89. The highest BCUT2D eigenvalue weighted by Gasteiger charge is 2.16. The van der Waals surface area contributed by atoms with E-state index >= 15 is 0 Å². The molecule has 1 unspecified atom stereocenters. The lowest BCUT2D eigenvalue weighted by Crippen LogP contribution is -2.31. The predicted octanol–water partition coefficient (Wildman–Crippen LogP) is 2.58. The fraction of sp³-hybridized carbons (Fsp3) is 0.300. The average Bonchev–Trinajstić information content (AvgIpc) is 2.65. The van der Waals surface area contributed by atoms with E-state index in [0.29, 0.717) is 5.75 Å². The first-order valence-corrected chi connectivity index (χ1v) is 8.31. The number of benzene rings is 2. The minimum Gasteiger partial charge on any atom is -0.484 e. The van der Waals surface area contributed by atoms with Gasteiger partial charge in [0, 0.05) is 13.5 Å². The van der Waals surface area contributed by atoms with Gasteiger partial charge in [-0.15, -0.1) is 0 Å². The molecule has 0 fully saturated rings. The number of aliphatic carboxylic acids is 1. The summed E-state index contributed by atoms with van der Waals surface area (Å²) < 4.78 is 10.4. The molecular weight excluding hydrogens is 334 g/mol. The summed E-state index contributed by atoms with van der Waals surface area (Å²) in [6.07, 6.45) is -0.617. The molecule has 2 atom stereocenters. The van der Waals surface area contributed by atoms with Gasteiger partial charge in [0.2, 0.25) is 0 Å². The number of carbonyl (C=O) groups excluding carboxylic acids is 1. The molecule has 0 spiro atoms. The van der Waals surface area contributed by atoms with Gasteiger partial charge in [-0.1, -0.05) is 42.5 Å². The van der Waals surface area contributed by atoms with Crippen LogP contribution in [0.15, 0.2) is 54.6 Å². The van der Waals surface area contributed by atoms with Crippen molar-refractivity contribution in [3.8, 4) is 5.75 Å². The van der Waals surface area contributed by atoms with Gasteiger partial charge in [-0.25, -0.2) is 4.79 Å². The zero-order valence-corrected chi connectivity index (χ0v) is 14.8. The van der Waals surface area contributed by atoms with Crippen LogP contribution in [0.3, 0.4) is 0 Å². The highest BCUT2D eigenvalue weighted by Crippen LogP contribution is 2.15. The molecule has 0 radical (unpaired) electrons. The lowest BCUT2D eigenvalue weighted by atomic mass is 10.1. The number of carbonyl (C=O) groups is 2. The second kappa shape index (κ2) is 9.58. The van der Waals surface area contributed by atoms with Gasteiger partial charge in [0.05, 0.1) is 6.04 Å². The zero-order valence-electron chi connectivity index (χ0n) is 14.8. The largest absolute Gasteiger partial charge is 0.484 e. The normalized spacial score (nSPS) is 12.8. The van der Waals surface area contributed by atoms with Crippen molar-refractivity contribution in [3.63, 3.8) is 0 Å². The second-order valence-corrected chi connectivity index (χ2v) is 5.90. The molecule has 138 valence electrons. The molecule has 0 aromatic heterocycles. The molecule has 26 heavy (non-hydrogen) atoms. The minimum absolute atomic E-state index is 0.0909. The van der Waals surface area contributed by atoms with Gasteiger partial charge in [-0.3, -0.25) is 4.79 Å². The fourth-order valence-corrected chi connectivity index (χ4v) is 2.46.